The third-order valence-corrected chi connectivity index (χ3v) is 6.22. The molecule has 0 saturated carbocycles. The van der Waals surface area contributed by atoms with Gasteiger partial charge in [0, 0.05) is 0 Å². The number of fused-ring (bicyclic) bond motifs is 2. The minimum Gasteiger partial charge on any atom is -0.476 e. The van der Waals surface area contributed by atoms with E-state index >= 15 is 8.78 Å². The van der Waals surface area contributed by atoms with Crippen LogP contribution in [0.15, 0.2) is 6.33 Å². The molecule has 0 radical (unpaired) electrons. The summed E-state index contributed by atoms with van der Waals surface area (Å²) in [5, 5.41) is 0. The molecule has 5 atom stereocenters. The van der Waals surface area contributed by atoms with Gasteiger partial charge in [-0.2, -0.15) is 9.97 Å². The van der Waals surface area contributed by atoms with E-state index in [1.807, 2.05) is 0 Å². The van der Waals surface area contributed by atoms with Crippen molar-refractivity contribution in [3.63, 3.8) is 0 Å². The molecule has 1 unspecified atom stereocenters. The summed E-state index contributed by atoms with van der Waals surface area (Å²) in [6.45, 7) is 5.42. The Kier molecular flexibility index (Phi) is 5.02. The first kappa shape index (κ1) is 21.3. The Morgan fingerprint density at radius 3 is 2.83 bits per heavy atom. The topological polar surface area (TPSA) is 133 Å². The Balaban J connectivity index is 1.74. The van der Waals surface area contributed by atoms with Crippen LogP contribution in [0.4, 0.5) is 14.7 Å². The number of nitrogens with zero attached hydrogens (tertiary/aromatic N) is 4. The molecule has 2 aliphatic rings. The van der Waals surface area contributed by atoms with E-state index in [2.05, 4.69) is 15.0 Å². The summed E-state index contributed by atoms with van der Waals surface area (Å²) in [6.07, 6.45) is -2.83. The van der Waals surface area contributed by atoms with Gasteiger partial charge in [-0.15, -0.1) is 0 Å². The Morgan fingerprint density at radius 2 is 2.17 bits per heavy atom. The average Bonchev–Trinajstić information content (AvgIpc) is 3.13. The second-order valence-corrected chi connectivity index (χ2v) is 8.99. The summed E-state index contributed by atoms with van der Waals surface area (Å²) in [4.78, 5) is 12.2. The van der Waals surface area contributed by atoms with Crippen LogP contribution >= 0.6 is 7.82 Å². The largest absolute Gasteiger partial charge is 0.476 e. The van der Waals surface area contributed by atoms with Crippen molar-refractivity contribution in [3.05, 3.63) is 6.33 Å². The SMILES string of the molecule is CCOc1nc(N)nc2c1ncn2[C@H]1O[C@]2(F)CO[P@](=O)(OC(C)C)O[C@H]2C1(C)F. The summed E-state index contributed by atoms with van der Waals surface area (Å²) in [5.41, 5.74) is 3.49. The van der Waals surface area contributed by atoms with Crippen molar-refractivity contribution in [2.75, 3.05) is 18.9 Å². The third kappa shape index (κ3) is 3.34. The van der Waals surface area contributed by atoms with Crippen LogP contribution in [0.3, 0.4) is 0 Å². The number of anilines is 1. The predicted molar refractivity (Wildman–Crippen MR) is 99.0 cm³/mol. The zero-order chi connectivity index (χ0) is 21.9. The quantitative estimate of drug-likeness (QED) is 0.679. The zero-order valence-electron chi connectivity index (χ0n) is 16.7. The van der Waals surface area contributed by atoms with Gasteiger partial charge in [0.25, 0.3) is 5.85 Å². The lowest BCUT2D eigenvalue weighted by Crippen LogP contribution is -2.51. The monoisotopic (exact) mass is 449 g/mol. The molecule has 2 saturated heterocycles. The summed E-state index contributed by atoms with van der Waals surface area (Å²) >= 11 is 0. The predicted octanol–water partition coefficient (Wildman–Crippen LogP) is 2.68. The first-order valence-electron chi connectivity index (χ1n) is 9.29. The highest BCUT2D eigenvalue weighted by molar-refractivity contribution is 7.48. The fraction of sp³-hybridized carbons (Fsp3) is 0.688. The maximum Gasteiger partial charge on any atom is 0.475 e. The highest BCUT2D eigenvalue weighted by Gasteiger charge is 2.70. The standard InChI is InChI=1S/C16H22F2N5O6P/c1-5-25-11-9-10(21-14(19)22-11)23(7-20-9)13-15(4,17)12-16(18,27-13)6-26-30(24,29-12)28-8(2)3/h7-8,12-13H,5-6H2,1-4H3,(H2,19,21,22)/t12-,13-,15?,16+,30+/m0/s1. The van der Waals surface area contributed by atoms with Gasteiger partial charge < -0.3 is 15.2 Å². The Bertz CT molecular complexity index is 1020. The molecular formula is C16H22F2N5O6P. The van der Waals surface area contributed by atoms with Crippen molar-refractivity contribution in [3.8, 4) is 5.88 Å². The van der Waals surface area contributed by atoms with Crippen molar-refractivity contribution in [1.82, 2.24) is 19.5 Å². The number of nitrogens with two attached hydrogens (primary N) is 1. The molecule has 2 aromatic heterocycles. The van der Waals surface area contributed by atoms with Crippen LogP contribution in [0.1, 0.15) is 33.9 Å². The number of halogens is 2. The van der Waals surface area contributed by atoms with Crippen LogP contribution in [-0.2, 0) is 22.9 Å². The Labute approximate surface area is 170 Å². The van der Waals surface area contributed by atoms with E-state index in [-0.39, 0.29) is 29.6 Å². The lowest BCUT2D eigenvalue weighted by molar-refractivity contribution is -0.220. The number of phosphoric ester groups is 1. The molecule has 2 aromatic rings. The molecule has 0 spiro atoms. The minimum absolute atomic E-state index is 0.0737. The van der Waals surface area contributed by atoms with Gasteiger partial charge in [-0.25, -0.2) is 18.3 Å². The van der Waals surface area contributed by atoms with Crippen LogP contribution in [0, 0.1) is 0 Å². The lowest BCUT2D eigenvalue weighted by atomic mass is 9.97. The number of nitrogen functional groups attached to an aromatic ring is 1. The molecule has 0 amide bonds. The van der Waals surface area contributed by atoms with Crippen LogP contribution in [-0.4, -0.2) is 56.5 Å². The van der Waals surface area contributed by atoms with Crippen molar-refractivity contribution in [2.45, 2.75) is 57.7 Å². The highest BCUT2D eigenvalue weighted by atomic mass is 31.2. The van der Waals surface area contributed by atoms with Gasteiger partial charge in [-0.1, -0.05) is 0 Å². The molecule has 2 N–H and O–H groups in total. The zero-order valence-corrected chi connectivity index (χ0v) is 17.6. The van der Waals surface area contributed by atoms with Crippen molar-refractivity contribution in [1.29, 1.82) is 0 Å². The van der Waals surface area contributed by atoms with Crippen molar-refractivity contribution in [2.24, 2.45) is 0 Å². The van der Waals surface area contributed by atoms with E-state index in [1.165, 1.54) is 6.33 Å². The summed E-state index contributed by atoms with van der Waals surface area (Å²) < 4.78 is 71.2. The second kappa shape index (κ2) is 7.06. The molecule has 166 valence electrons. The number of hydrogen-bond donors (Lipinski definition) is 1. The van der Waals surface area contributed by atoms with Gasteiger partial charge in [0.1, 0.15) is 6.61 Å². The van der Waals surface area contributed by atoms with Crippen molar-refractivity contribution >= 4 is 24.9 Å². The number of alkyl halides is 2. The Hall–Kier alpha value is -1.92. The first-order valence-corrected chi connectivity index (χ1v) is 10.7. The molecule has 14 heteroatoms. The number of ether oxygens (including phenoxy) is 2. The molecule has 4 rings (SSSR count). The number of imidazole rings is 1. The van der Waals surface area contributed by atoms with Crippen LogP contribution in [0.2, 0.25) is 0 Å². The number of hydrogen-bond acceptors (Lipinski definition) is 10. The summed E-state index contributed by atoms with van der Waals surface area (Å²) in [5.74, 6) is -2.77. The molecule has 0 aromatic carbocycles. The lowest BCUT2D eigenvalue weighted by Gasteiger charge is -2.36. The second-order valence-electron chi connectivity index (χ2n) is 7.41. The van der Waals surface area contributed by atoms with Gasteiger partial charge in [-0.05, 0) is 27.7 Å². The van der Waals surface area contributed by atoms with Gasteiger partial charge in [0.15, 0.2) is 29.2 Å². The molecular weight excluding hydrogens is 427 g/mol. The third-order valence-electron chi connectivity index (χ3n) is 4.63. The minimum atomic E-state index is -4.19. The van der Waals surface area contributed by atoms with E-state index in [4.69, 9.17) is 28.8 Å². The fourth-order valence-electron chi connectivity index (χ4n) is 3.49. The van der Waals surface area contributed by atoms with Gasteiger partial charge in [0.2, 0.25) is 11.8 Å². The summed E-state index contributed by atoms with van der Waals surface area (Å²) in [7, 11) is -4.19. The van der Waals surface area contributed by atoms with E-state index in [0.717, 1.165) is 11.5 Å². The molecule has 11 nitrogen and oxygen atoms in total. The summed E-state index contributed by atoms with van der Waals surface area (Å²) in [6, 6.07) is 0. The van der Waals surface area contributed by atoms with E-state index < -0.39 is 44.4 Å². The Morgan fingerprint density at radius 1 is 1.43 bits per heavy atom. The molecule has 4 heterocycles. The van der Waals surface area contributed by atoms with Crippen LogP contribution in [0.25, 0.3) is 11.2 Å². The molecule has 30 heavy (non-hydrogen) atoms. The van der Waals surface area contributed by atoms with Crippen LogP contribution < -0.4 is 10.5 Å². The van der Waals surface area contributed by atoms with Gasteiger partial charge in [-0.3, -0.25) is 18.1 Å². The molecule has 0 aliphatic carbocycles. The fourth-order valence-corrected chi connectivity index (χ4v) is 5.13. The van der Waals surface area contributed by atoms with Crippen molar-refractivity contribution < 1.29 is 36.4 Å². The molecule has 2 aliphatic heterocycles. The average molecular weight is 449 g/mol. The smallest absolute Gasteiger partial charge is 0.475 e. The molecule has 0 bridgehead atoms. The number of rotatable bonds is 5. The highest BCUT2D eigenvalue weighted by Crippen LogP contribution is 2.63. The maximum atomic E-state index is 15.9. The van der Waals surface area contributed by atoms with E-state index in [1.54, 1.807) is 20.8 Å². The van der Waals surface area contributed by atoms with E-state index in [0.29, 0.717) is 0 Å². The van der Waals surface area contributed by atoms with Gasteiger partial charge in [0.05, 0.1) is 19.0 Å². The first-order chi connectivity index (χ1) is 14.0. The van der Waals surface area contributed by atoms with Gasteiger partial charge >= 0.3 is 7.82 Å². The maximum absolute atomic E-state index is 15.9. The van der Waals surface area contributed by atoms with E-state index in [9.17, 15) is 4.57 Å². The van der Waals surface area contributed by atoms with Crippen LogP contribution in [0.5, 0.6) is 5.88 Å². The number of aromatic nitrogens is 4. The molecule has 2 fully saturated rings. The number of phosphoric acid groups is 1. The normalized spacial score (nSPS) is 36.4.